The minimum absolute atomic E-state index is 0.319. The number of aryl methyl sites for hydroxylation is 1. The van der Waals surface area contributed by atoms with Gasteiger partial charge in [-0.2, -0.15) is 0 Å². The second-order valence-corrected chi connectivity index (χ2v) is 6.51. The number of benzene rings is 2. The Balaban J connectivity index is 1.41. The largest absolute Gasteiger partial charge is 0.445 e. The Morgan fingerprint density at radius 2 is 1.58 bits per heavy atom. The van der Waals surface area contributed by atoms with Gasteiger partial charge in [-0.15, -0.1) is 0 Å². The van der Waals surface area contributed by atoms with Crippen LogP contribution in [-0.2, 0) is 17.9 Å². The Labute approximate surface area is 157 Å². The fraction of sp³-hybridized carbons (Fsp3) is 0.409. The highest BCUT2D eigenvalue weighted by atomic mass is 16.5. The summed E-state index contributed by atoms with van der Waals surface area (Å²) in [6.45, 7) is 5.10. The number of hydrogen-bond donors (Lipinski definition) is 2. The normalized spacial score (nSPS) is 10.5. The lowest BCUT2D eigenvalue weighted by Gasteiger charge is -2.08. The van der Waals surface area contributed by atoms with Gasteiger partial charge in [0.05, 0.1) is 0 Å². The molecule has 0 saturated carbocycles. The molecule has 0 aliphatic heterocycles. The number of ether oxygens (including phenoxy) is 1. The molecule has 4 nitrogen and oxygen atoms in total. The molecule has 2 rings (SSSR count). The van der Waals surface area contributed by atoms with Gasteiger partial charge in [0.15, 0.2) is 0 Å². The molecule has 0 spiro atoms. The van der Waals surface area contributed by atoms with Gasteiger partial charge in [-0.05, 0) is 43.0 Å². The fourth-order valence-electron chi connectivity index (χ4n) is 2.72. The van der Waals surface area contributed by atoms with E-state index < -0.39 is 0 Å². The third kappa shape index (κ3) is 8.17. The summed E-state index contributed by atoms with van der Waals surface area (Å²) in [7, 11) is 0. The lowest BCUT2D eigenvalue weighted by atomic mass is 10.1. The first-order chi connectivity index (χ1) is 12.8. The smallest absolute Gasteiger partial charge is 0.407 e. The number of unbranched alkanes of at least 4 members (excludes halogenated alkanes) is 3. The van der Waals surface area contributed by atoms with Gasteiger partial charge in [0, 0.05) is 13.1 Å². The molecule has 2 aromatic carbocycles. The molecule has 0 atom stereocenters. The summed E-state index contributed by atoms with van der Waals surface area (Å²) in [4.78, 5) is 11.6. The summed E-state index contributed by atoms with van der Waals surface area (Å²) in [5, 5.41) is 6.30. The highest BCUT2D eigenvalue weighted by Gasteiger charge is 2.01. The lowest BCUT2D eigenvalue weighted by Crippen LogP contribution is -2.25. The summed E-state index contributed by atoms with van der Waals surface area (Å²) in [5.74, 6) is 0. The minimum atomic E-state index is -0.339. The van der Waals surface area contributed by atoms with Crippen LogP contribution in [0.15, 0.2) is 54.6 Å². The highest BCUT2D eigenvalue weighted by Crippen LogP contribution is 2.06. The number of nitrogens with one attached hydrogen (secondary N) is 2. The molecule has 0 aliphatic carbocycles. The van der Waals surface area contributed by atoms with Crippen LogP contribution in [0.1, 0.15) is 42.4 Å². The van der Waals surface area contributed by atoms with Crippen LogP contribution < -0.4 is 10.6 Å². The van der Waals surface area contributed by atoms with E-state index in [1.54, 1.807) is 0 Å². The van der Waals surface area contributed by atoms with Crippen molar-refractivity contribution in [1.82, 2.24) is 10.6 Å². The first-order valence-corrected chi connectivity index (χ1v) is 9.45. The van der Waals surface area contributed by atoms with Gasteiger partial charge in [0.1, 0.15) is 6.61 Å². The van der Waals surface area contributed by atoms with Crippen molar-refractivity contribution in [3.8, 4) is 0 Å². The summed E-state index contributed by atoms with van der Waals surface area (Å²) < 4.78 is 5.18. The monoisotopic (exact) mass is 354 g/mol. The second-order valence-electron chi connectivity index (χ2n) is 6.51. The minimum Gasteiger partial charge on any atom is -0.445 e. The molecule has 0 heterocycles. The predicted molar refractivity (Wildman–Crippen MR) is 106 cm³/mol. The molecule has 0 bridgehead atoms. The molecule has 0 fully saturated rings. The van der Waals surface area contributed by atoms with Crippen molar-refractivity contribution < 1.29 is 9.53 Å². The van der Waals surface area contributed by atoms with E-state index in [2.05, 4.69) is 41.8 Å². The van der Waals surface area contributed by atoms with Crippen molar-refractivity contribution in [1.29, 1.82) is 0 Å². The second kappa shape index (κ2) is 12.1. The molecule has 0 saturated heterocycles. The first kappa shape index (κ1) is 20.0. The fourth-order valence-corrected chi connectivity index (χ4v) is 2.72. The molecule has 140 valence electrons. The molecule has 0 aromatic heterocycles. The van der Waals surface area contributed by atoms with Crippen LogP contribution in [0.2, 0.25) is 0 Å². The van der Waals surface area contributed by atoms with Crippen LogP contribution in [0.4, 0.5) is 4.79 Å². The molecule has 0 aliphatic rings. The average Bonchev–Trinajstić information content (AvgIpc) is 2.67. The number of rotatable bonds is 11. The van der Waals surface area contributed by atoms with Crippen LogP contribution in [0.5, 0.6) is 0 Å². The van der Waals surface area contributed by atoms with Crippen molar-refractivity contribution in [2.24, 2.45) is 0 Å². The molecule has 4 heteroatoms. The number of carbonyl (C=O) groups excluding carboxylic acids is 1. The van der Waals surface area contributed by atoms with Gasteiger partial charge in [-0.25, -0.2) is 4.79 Å². The maximum absolute atomic E-state index is 11.6. The third-order valence-corrected chi connectivity index (χ3v) is 4.34. The maximum Gasteiger partial charge on any atom is 0.407 e. The Hall–Kier alpha value is -2.33. The van der Waals surface area contributed by atoms with E-state index in [1.165, 1.54) is 17.5 Å². The van der Waals surface area contributed by atoms with Crippen molar-refractivity contribution in [2.75, 3.05) is 13.1 Å². The molecular weight excluding hydrogens is 324 g/mol. The number of amides is 1. The van der Waals surface area contributed by atoms with Gasteiger partial charge in [0.25, 0.3) is 0 Å². The van der Waals surface area contributed by atoms with Gasteiger partial charge in [-0.1, -0.05) is 67.4 Å². The SMILES string of the molecule is Cc1ccccc1CNCCCCCCNC(=O)OCc1ccccc1. The number of hydrogen-bond acceptors (Lipinski definition) is 3. The summed E-state index contributed by atoms with van der Waals surface area (Å²) in [6.07, 6.45) is 4.09. The van der Waals surface area contributed by atoms with E-state index in [1.807, 2.05) is 30.3 Å². The van der Waals surface area contributed by atoms with E-state index in [9.17, 15) is 4.79 Å². The van der Waals surface area contributed by atoms with Crippen LogP contribution in [-0.4, -0.2) is 19.2 Å². The van der Waals surface area contributed by atoms with Crippen LogP contribution in [0.3, 0.4) is 0 Å². The standard InChI is InChI=1S/C22H30N2O2/c1-19-11-7-8-14-21(19)17-23-15-9-2-3-10-16-24-22(25)26-18-20-12-5-4-6-13-20/h4-8,11-14,23H,2-3,9-10,15-18H2,1H3,(H,24,25). The summed E-state index contributed by atoms with van der Waals surface area (Å²) >= 11 is 0. The topological polar surface area (TPSA) is 50.4 Å². The molecule has 2 aromatic rings. The molecule has 26 heavy (non-hydrogen) atoms. The maximum atomic E-state index is 11.6. The van der Waals surface area contributed by atoms with Crippen LogP contribution in [0.25, 0.3) is 0 Å². The zero-order valence-electron chi connectivity index (χ0n) is 15.7. The van der Waals surface area contributed by atoms with E-state index in [0.29, 0.717) is 13.2 Å². The Bertz CT molecular complexity index is 644. The van der Waals surface area contributed by atoms with E-state index in [4.69, 9.17) is 4.74 Å². The molecule has 0 radical (unpaired) electrons. The van der Waals surface area contributed by atoms with Gasteiger partial charge in [0.2, 0.25) is 0 Å². The van der Waals surface area contributed by atoms with Crippen molar-refractivity contribution in [2.45, 2.75) is 45.8 Å². The average molecular weight is 354 g/mol. The highest BCUT2D eigenvalue weighted by molar-refractivity contribution is 5.67. The summed E-state index contributed by atoms with van der Waals surface area (Å²) in [5.41, 5.74) is 3.71. The van der Waals surface area contributed by atoms with Gasteiger partial charge in [-0.3, -0.25) is 0 Å². The predicted octanol–water partition coefficient (Wildman–Crippen LogP) is 4.57. The van der Waals surface area contributed by atoms with Crippen molar-refractivity contribution in [3.63, 3.8) is 0 Å². The van der Waals surface area contributed by atoms with E-state index >= 15 is 0 Å². The molecular formula is C22H30N2O2. The molecule has 0 unspecified atom stereocenters. The zero-order chi connectivity index (χ0) is 18.5. The van der Waals surface area contributed by atoms with Gasteiger partial charge >= 0.3 is 6.09 Å². The van der Waals surface area contributed by atoms with Crippen molar-refractivity contribution in [3.05, 3.63) is 71.3 Å². The Morgan fingerprint density at radius 3 is 2.35 bits per heavy atom. The first-order valence-electron chi connectivity index (χ1n) is 9.45. The molecule has 2 N–H and O–H groups in total. The zero-order valence-corrected chi connectivity index (χ0v) is 15.7. The number of alkyl carbamates (subject to hydrolysis) is 1. The Morgan fingerprint density at radius 1 is 0.885 bits per heavy atom. The summed E-state index contributed by atoms with van der Waals surface area (Å²) in [6, 6.07) is 18.2. The van der Waals surface area contributed by atoms with Crippen LogP contribution in [0, 0.1) is 6.92 Å². The van der Waals surface area contributed by atoms with Crippen LogP contribution >= 0.6 is 0 Å². The number of carbonyl (C=O) groups is 1. The third-order valence-electron chi connectivity index (χ3n) is 4.34. The van der Waals surface area contributed by atoms with E-state index in [-0.39, 0.29) is 6.09 Å². The molecule has 1 amide bonds. The quantitative estimate of drug-likeness (QED) is 0.581. The lowest BCUT2D eigenvalue weighted by molar-refractivity contribution is 0.139. The Kier molecular flexibility index (Phi) is 9.30. The van der Waals surface area contributed by atoms with Gasteiger partial charge < -0.3 is 15.4 Å². The van der Waals surface area contributed by atoms with Crippen molar-refractivity contribution >= 4 is 6.09 Å². The van der Waals surface area contributed by atoms with E-state index in [0.717, 1.165) is 37.9 Å².